The van der Waals surface area contributed by atoms with Crippen LogP contribution in [0.4, 0.5) is 4.39 Å². The maximum atomic E-state index is 12.9. The van der Waals surface area contributed by atoms with Gasteiger partial charge in [0.25, 0.3) is 5.91 Å². The minimum absolute atomic E-state index is 0.0305. The molecular formula is C23H24FNO4. The molecule has 0 aliphatic carbocycles. The molecule has 6 heteroatoms. The maximum Gasteiger partial charge on any atom is 0.311 e. The first-order valence-electron chi connectivity index (χ1n) is 9.52. The number of ether oxygens (including phenoxy) is 1. The molecular weight excluding hydrogens is 373 g/mol. The van der Waals surface area contributed by atoms with Gasteiger partial charge in [0.05, 0.1) is 12.7 Å². The smallest absolute Gasteiger partial charge is 0.311 e. The van der Waals surface area contributed by atoms with E-state index in [9.17, 15) is 14.0 Å². The van der Waals surface area contributed by atoms with Crippen molar-refractivity contribution in [3.8, 4) is 0 Å². The molecule has 0 aliphatic rings. The molecule has 1 amide bonds. The van der Waals surface area contributed by atoms with E-state index in [1.165, 1.54) is 19.1 Å². The van der Waals surface area contributed by atoms with Crippen molar-refractivity contribution in [3.63, 3.8) is 0 Å². The lowest BCUT2D eigenvalue weighted by atomic mass is 10.0. The first-order valence-corrected chi connectivity index (χ1v) is 9.52. The molecule has 1 N–H and O–H groups in total. The molecule has 0 bridgehead atoms. The molecule has 0 aliphatic heterocycles. The van der Waals surface area contributed by atoms with Crippen molar-refractivity contribution in [2.24, 2.45) is 0 Å². The highest BCUT2D eigenvalue weighted by molar-refractivity contribution is 5.88. The van der Waals surface area contributed by atoms with Gasteiger partial charge in [0.1, 0.15) is 11.4 Å². The predicted molar refractivity (Wildman–Crippen MR) is 108 cm³/mol. The zero-order valence-corrected chi connectivity index (χ0v) is 16.8. The zero-order chi connectivity index (χ0) is 21.0. The molecule has 0 spiro atoms. The summed E-state index contributed by atoms with van der Waals surface area (Å²) in [4.78, 5) is 24.4. The van der Waals surface area contributed by atoms with Gasteiger partial charge in [0.2, 0.25) is 0 Å². The minimum Gasteiger partial charge on any atom is -0.464 e. The zero-order valence-electron chi connectivity index (χ0n) is 16.8. The second-order valence-electron chi connectivity index (χ2n) is 7.17. The van der Waals surface area contributed by atoms with Crippen molar-refractivity contribution in [1.29, 1.82) is 0 Å². The van der Waals surface area contributed by atoms with Crippen molar-refractivity contribution in [1.82, 2.24) is 5.32 Å². The van der Waals surface area contributed by atoms with Crippen molar-refractivity contribution in [2.45, 2.75) is 39.7 Å². The average molecular weight is 397 g/mol. The van der Waals surface area contributed by atoms with E-state index in [2.05, 4.69) is 5.32 Å². The molecule has 3 aromatic rings. The second kappa shape index (κ2) is 8.90. The number of aryl methyl sites for hydroxylation is 2. The molecule has 1 aromatic heterocycles. The Bertz CT molecular complexity index is 1020. The summed E-state index contributed by atoms with van der Waals surface area (Å²) in [7, 11) is 0. The number of fused-ring (bicyclic) bond motifs is 1. The summed E-state index contributed by atoms with van der Waals surface area (Å²) >= 11 is 0. The van der Waals surface area contributed by atoms with Crippen LogP contribution in [0.25, 0.3) is 11.0 Å². The van der Waals surface area contributed by atoms with Gasteiger partial charge >= 0.3 is 5.97 Å². The van der Waals surface area contributed by atoms with Crippen LogP contribution in [0.5, 0.6) is 0 Å². The quantitative estimate of drug-likeness (QED) is 0.612. The number of carbonyl (C=O) groups is 2. The van der Waals surface area contributed by atoms with Crippen molar-refractivity contribution < 1.29 is 23.1 Å². The van der Waals surface area contributed by atoms with E-state index in [0.29, 0.717) is 13.0 Å². The van der Waals surface area contributed by atoms with E-state index < -0.39 is 12.1 Å². The third-order valence-electron chi connectivity index (χ3n) is 4.91. The Hall–Kier alpha value is -3.15. The molecule has 0 saturated carbocycles. The highest BCUT2D eigenvalue weighted by Gasteiger charge is 2.19. The van der Waals surface area contributed by atoms with Gasteiger partial charge in [-0.05, 0) is 68.1 Å². The van der Waals surface area contributed by atoms with Gasteiger partial charge in [-0.2, -0.15) is 0 Å². The van der Waals surface area contributed by atoms with Gasteiger partial charge in [0, 0.05) is 17.5 Å². The van der Waals surface area contributed by atoms with Crippen LogP contribution >= 0.6 is 0 Å². The maximum absolute atomic E-state index is 12.9. The fraction of sp³-hybridized carbons (Fsp3) is 0.304. The SMILES string of the molecule is Cc1cc2occ(CC(=O)O[C@H](C)C(=O)NCCc3ccc(F)cc3)c2cc1C. The van der Waals surface area contributed by atoms with E-state index in [-0.39, 0.29) is 18.1 Å². The summed E-state index contributed by atoms with van der Waals surface area (Å²) in [6, 6.07) is 10.0. The number of halogens is 1. The lowest BCUT2D eigenvalue weighted by Crippen LogP contribution is -2.37. The number of hydrogen-bond acceptors (Lipinski definition) is 4. The minimum atomic E-state index is -0.905. The number of rotatable bonds is 7. The Morgan fingerprint density at radius 3 is 2.55 bits per heavy atom. The molecule has 152 valence electrons. The molecule has 29 heavy (non-hydrogen) atoms. The Kier molecular flexibility index (Phi) is 6.32. The van der Waals surface area contributed by atoms with Crippen LogP contribution in [0, 0.1) is 19.7 Å². The van der Waals surface area contributed by atoms with E-state index in [1.54, 1.807) is 18.4 Å². The summed E-state index contributed by atoms with van der Waals surface area (Å²) in [5, 5.41) is 3.60. The largest absolute Gasteiger partial charge is 0.464 e. The Labute approximate surface area is 168 Å². The van der Waals surface area contributed by atoms with Gasteiger partial charge < -0.3 is 14.5 Å². The number of nitrogens with one attached hydrogen (secondary N) is 1. The third-order valence-corrected chi connectivity index (χ3v) is 4.91. The fourth-order valence-electron chi connectivity index (χ4n) is 3.05. The third kappa shape index (κ3) is 5.22. The summed E-state index contributed by atoms with van der Waals surface area (Å²) in [5.74, 6) is -1.16. The van der Waals surface area contributed by atoms with Crippen LogP contribution in [-0.4, -0.2) is 24.5 Å². The molecule has 1 atom stereocenters. The van der Waals surface area contributed by atoms with E-state index in [0.717, 1.165) is 33.2 Å². The van der Waals surface area contributed by atoms with Gasteiger partial charge in [0.15, 0.2) is 6.10 Å². The molecule has 0 fully saturated rings. The average Bonchev–Trinajstić information content (AvgIpc) is 3.05. The number of hydrogen-bond donors (Lipinski definition) is 1. The standard InChI is InChI=1S/C23H24FNO4/c1-14-10-20-18(13-28-21(20)11-15(14)2)12-22(26)29-16(3)23(27)25-9-8-17-4-6-19(24)7-5-17/h4-7,10-11,13,16H,8-9,12H2,1-3H3,(H,25,27)/t16-/m1/s1. The molecule has 0 saturated heterocycles. The van der Waals surface area contributed by atoms with Crippen molar-refractivity contribution in [3.05, 3.63) is 70.7 Å². The summed E-state index contributed by atoms with van der Waals surface area (Å²) in [6.07, 6.45) is 1.24. The molecule has 1 heterocycles. The summed E-state index contributed by atoms with van der Waals surface area (Å²) in [6.45, 7) is 5.91. The predicted octanol–water partition coefficient (Wildman–Crippen LogP) is 4.02. The van der Waals surface area contributed by atoms with E-state index >= 15 is 0 Å². The van der Waals surface area contributed by atoms with Crippen molar-refractivity contribution >= 4 is 22.8 Å². The van der Waals surface area contributed by atoms with Gasteiger partial charge in [-0.1, -0.05) is 12.1 Å². The van der Waals surface area contributed by atoms with Crippen LogP contribution in [0.1, 0.15) is 29.2 Å². The lowest BCUT2D eigenvalue weighted by molar-refractivity contribution is -0.154. The number of esters is 1. The van der Waals surface area contributed by atoms with Crippen molar-refractivity contribution in [2.75, 3.05) is 6.54 Å². The van der Waals surface area contributed by atoms with E-state index in [1.807, 2.05) is 26.0 Å². The number of benzene rings is 2. The highest BCUT2D eigenvalue weighted by Crippen LogP contribution is 2.25. The Morgan fingerprint density at radius 2 is 1.83 bits per heavy atom. The first kappa shape index (κ1) is 20.6. The molecule has 3 rings (SSSR count). The summed E-state index contributed by atoms with van der Waals surface area (Å²) < 4.78 is 23.7. The van der Waals surface area contributed by atoms with Crippen LogP contribution < -0.4 is 5.32 Å². The summed E-state index contributed by atoms with van der Waals surface area (Å²) in [5.41, 5.74) is 4.60. The van der Waals surface area contributed by atoms with Gasteiger partial charge in [-0.25, -0.2) is 4.39 Å². The van der Waals surface area contributed by atoms with Gasteiger partial charge in [-0.15, -0.1) is 0 Å². The first-order chi connectivity index (χ1) is 13.8. The Morgan fingerprint density at radius 1 is 1.14 bits per heavy atom. The van der Waals surface area contributed by atoms with Crippen LogP contribution in [0.15, 0.2) is 47.1 Å². The number of carbonyl (C=O) groups excluding carboxylic acids is 2. The molecule has 5 nitrogen and oxygen atoms in total. The monoisotopic (exact) mass is 397 g/mol. The fourth-order valence-corrected chi connectivity index (χ4v) is 3.05. The molecule has 2 aromatic carbocycles. The Balaban J connectivity index is 1.50. The van der Waals surface area contributed by atoms with Crippen LogP contribution in [0.3, 0.4) is 0 Å². The normalized spacial score (nSPS) is 12.0. The lowest BCUT2D eigenvalue weighted by Gasteiger charge is -2.13. The van der Waals surface area contributed by atoms with Gasteiger partial charge in [-0.3, -0.25) is 9.59 Å². The highest BCUT2D eigenvalue weighted by atomic mass is 19.1. The van der Waals surface area contributed by atoms with Crippen LogP contribution in [0.2, 0.25) is 0 Å². The van der Waals surface area contributed by atoms with Crippen LogP contribution in [-0.2, 0) is 27.2 Å². The topological polar surface area (TPSA) is 68.5 Å². The second-order valence-corrected chi connectivity index (χ2v) is 7.17. The molecule has 0 radical (unpaired) electrons. The molecule has 0 unspecified atom stereocenters. The number of amides is 1. The number of furan rings is 1. The van der Waals surface area contributed by atoms with E-state index in [4.69, 9.17) is 9.15 Å².